The molecule has 18 heavy (non-hydrogen) atoms. The van der Waals surface area contributed by atoms with Crippen molar-refractivity contribution in [3.63, 3.8) is 0 Å². The standard InChI is InChI=1S/C13H11BrFNOS/c1-16(8-10-3-2-6-18-10)13(17)11-7-9(14)4-5-12(11)15/h2-7H,8H2,1H3. The number of rotatable bonds is 3. The van der Waals surface area contributed by atoms with Crippen molar-refractivity contribution in [2.24, 2.45) is 0 Å². The molecule has 5 heteroatoms. The van der Waals surface area contributed by atoms with Gasteiger partial charge in [0.1, 0.15) is 5.82 Å². The van der Waals surface area contributed by atoms with Gasteiger partial charge < -0.3 is 4.90 Å². The molecule has 0 fully saturated rings. The molecule has 2 rings (SSSR count). The third-order valence-electron chi connectivity index (χ3n) is 2.48. The van der Waals surface area contributed by atoms with Crippen LogP contribution in [0.3, 0.4) is 0 Å². The molecule has 0 aliphatic rings. The highest BCUT2D eigenvalue weighted by molar-refractivity contribution is 9.10. The van der Waals surface area contributed by atoms with Crippen molar-refractivity contribution >= 4 is 33.2 Å². The molecule has 1 aromatic heterocycles. The van der Waals surface area contributed by atoms with Gasteiger partial charge in [0.25, 0.3) is 5.91 Å². The van der Waals surface area contributed by atoms with Crippen molar-refractivity contribution in [2.45, 2.75) is 6.54 Å². The molecule has 0 bridgehead atoms. The molecule has 0 unspecified atom stereocenters. The normalized spacial score (nSPS) is 10.4. The van der Waals surface area contributed by atoms with Crippen molar-refractivity contribution in [3.8, 4) is 0 Å². The fourth-order valence-corrected chi connectivity index (χ4v) is 2.69. The number of thiophene rings is 1. The lowest BCUT2D eigenvalue weighted by Gasteiger charge is -2.16. The van der Waals surface area contributed by atoms with Crippen LogP contribution in [0.4, 0.5) is 4.39 Å². The van der Waals surface area contributed by atoms with E-state index < -0.39 is 5.82 Å². The summed E-state index contributed by atoms with van der Waals surface area (Å²) in [7, 11) is 1.67. The lowest BCUT2D eigenvalue weighted by molar-refractivity contribution is 0.0781. The fraction of sp³-hybridized carbons (Fsp3) is 0.154. The molecule has 0 aliphatic heterocycles. The van der Waals surface area contributed by atoms with E-state index in [4.69, 9.17) is 0 Å². The van der Waals surface area contributed by atoms with Crippen LogP contribution in [0, 0.1) is 5.82 Å². The van der Waals surface area contributed by atoms with Gasteiger partial charge in [-0.15, -0.1) is 11.3 Å². The molecule has 0 saturated heterocycles. The molecule has 1 amide bonds. The average Bonchev–Trinajstić information content (AvgIpc) is 2.84. The molecule has 1 aromatic carbocycles. The van der Waals surface area contributed by atoms with Gasteiger partial charge in [-0.3, -0.25) is 4.79 Å². The Morgan fingerprint density at radius 1 is 1.44 bits per heavy atom. The van der Waals surface area contributed by atoms with E-state index in [1.165, 1.54) is 17.0 Å². The summed E-state index contributed by atoms with van der Waals surface area (Å²) in [6.45, 7) is 0.489. The highest BCUT2D eigenvalue weighted by atomic mass is 79.9. The van der Waals surface area contributed by atoms with E-state index in [1.54, 1.807) is 24.5 Å². The van der Waals surface area contributed by atoms with Crippen molar-refractivity contribution in [3.05, 3.63) is 56.4 Å². The molecule has 94 valence electrons. The first kappa shape index (κ1) is 13.2. The Morgan fingerprint density at radius 3 is 2.89 bits per heavy atom. The summed E-state index contributed by atoms with van der Waals surface area (Å²) >= 11 is 4.81. The summed E-state index contributed by atoms with van der Waals surface area (Å²) in [5.41, 5.74) is 0.0865. The van der Waals surface area contributed by atoms with E-state index >= 15 is 0 Å². The van der Waals surface area contributed by atoms with E-state index in [2.05, 4.69) is 15.9 Å². The van der Waals surface area contributed by atoms with E-state index in [-0.39, 0.29) is 11.5 Å². The van der Waals surface area contributed by atoms with Gasteiger partial charge in [0, 0.05) is 16.4 Å². The minimum absolute atomic E-state index is 0.0865. The first-order valence-corrected chi connectivity index (χ1v) is 6.98. The third kappa shape index (κ3) is 2.97. The second-order valence-electron chi connectivity index (χ2n) is 3.86. The molecular weight excluding hydrogens is 317 g/mol. The Kier molecular flexibility index (Phi) is 4.14. The first-order valence-electron chi connectivity index (χ1n) is 5.31. The van der Waals surface area contributed by atoms with Gasteiger partial charge in [0.15, 0.2) is 0 Å². The summed E-state index contributed by atoms with van der Waals surface area (Å²) in [6, 6.07) is 8.24. The molecule has 1 heterocycles. The Bertz CT molecular complexity index is 556. The van der Waals surface area contributed by atoms with Crippen LogP contribution in [-0.2, 0) is 6.54 Å². The van der Waals surface area contributed by atoms with E-state index in [0.717, 1.165) is 4.88 Å². The van der Waals surface area contributed by atoms with Crippen LogP contribution in [0.25, 0.3) is 0 Å². The molecule has 0 saturated carbocycles. The SMILES string of the molecule is CN(Cc1cccs1)C(=O)c1cc(Br)ccc1F. The summed E-state index contributed by atoms with van der Waals surface area (Å²) in [4.78, 5) is 14.7. The fourth-order valence-electron chi connectivity index (χ4n) is 1.58. The van der Waals surface area contributed by atoms with Crippen molar-refractivity contribution in [1.29, 1.82) is 0 Å². The van der Waals surface area contributed by atoms with Crippen LogP contribution in [0.1, 0.15) is 15.2 Å². The smallest absolute Gasteiger partial charge is 0.256 e. The number of benzene rings is 1. The highest BCUT2D eigenvalue weighted by Gasteiger charge is 2.16. The molecular formula is C13H11BrFNOS. The minimum atomic E-state index is -0.499. The number of carbonyl (C=O) groups excluding carboxylic acids is 1. The molecule has 0 N–H and O–H groups in total. The maximum Gasteiger partial charge on any atom is 0.256 e. The topological polar surface area (TPSA) is 20.3 Å². The minimum Gasteiger partial charge on any atom is -0.336 e. The van der Waals surface area contributed by atoms with E-state index in [0.29, 0.717) is 11.0 Å². The average molecular weight is 328 g/mol. The maximum absolute atomic E-state index is 13.6. The zero-order valence-corrected chi connectivity index (χ0v) is 12.1. The number of hydrogen-bond donors (Lipinski definition) is 0. The molecule has 2 nitrogen and oxygen atoms in total. The maximum atomic E-state index is 13.6. The van der Waals surface area contributed by atoms with Gasteiger partial charge in [-0.2, -0.15) is 0 Å². The zero-order valence-electron chi connectivity index (χ0n) is 9.69. The quantitative estimate of drug-likeness (QED) is 0.836. The lowest BCUT2D eigenvalue weighted by atomic mass is 10.2. The lowest BCUT2D eigenvalue weighted by Crippen LogP contribution is -2.26. The Hall–Kier alpha value is -1.20. The van der Waals surface area contributed by atoms with Gasteiger partial charge in [0.05, 0.1) is 12.1 Å². The second-order valence-corrected chi connectivity index (χ2v) is 5.81. The summed E-state index contributed by atoms with van der Waals surface area (Å²) in [5.74, 6) is -0.816. The van der Waals surface area contributed by atoms with Crippen LogP contribution in [0.5, 0.6) is 0 Å². The summed E-state index contributed by atoms with van der Waals surface area (Å²) in [6.07, 6.45) is 0. The van der Waals surface area contributed by atoms with Gasteiger partial charge in [-0.1, -0.05) is 22.0 Å². The number of halogens is 2. The predicted octanol–water partition coefficient (Wildman–Crippen LogP) is 3.92. The van der Waals surface area contributed by atoms with E-state index in [1.807, 2.05) is 17.5 Å². The van der Waals surface area contributed by atoms with Gasteiger partial charge in [0.2, 0.25) is 0 Å². The number of amides is 1. The van der Waals surface area contributed by atoms with Crippen LogP contribution in [0.2, 0.25) is 0 Å². The monoisotopic (exact) mass is 327 g/mol. The highest BCUT2D eigenvalue weighted by Crippen LogP contribution is 2.18. The van der Waals surface area contributed by atoms with E-state index in [9.17, 15) is 9.18 Å². The number of carbonyl (C=O) groups is 1. The largest absolute Gasteiger partial charge is 0.336 e. The van der Waals surface area contributed by atoms with Crippen LogP contribution in [0.15, 0.2) is 40.2 Å². The van der Waals surface area contributed by atoms with Gasteiger partial charge in [-0.05, 0) is 29.6 Å². The molecule has 2 aromatic rings. The van der Waals surface area contributed by atoms with Gasteiger partial charge in [-0.25, -0.2) is 4.39 Å². The first-order chi connectivity index (χ1) is 8.58. The second kappa shape index (κ2) is 5.63. The molecule has 0 aliphatic carbocycles. The van der Waals surface area contributed by atoms with Crippen LogP contribution >= 0.6 is 27.3 Å². The number of nitrogens with zero attached hydrogens (tertiary/aromatic N) is 1. The van der Waals surface area contributed by atoms with Crippen molar-refractivity contribution < 1.29 is 9.18 Å². The number of hydrogen-bond acceptors (Lipinski definition) is 2. The Balaban J connectivity index is 2.17. The van der Waals surface area contributed by atoms with Crippen LogP contribution < -0.4 is 0 Å². The Morgan fingerprint density at radius 2 is 2.22 bits per heavy atom. The van der Waals surface area contributed by atoms with Crippen molar-refractivity contribution in [2.75, 3.05) is 7.05 Å². The molecule has 0 atom stereocenters. The summed E-state index contributed by atoms with van der Waals surface area (Å²) in [5, 5.41) is 1.95. The molecule has 0 radical (unpaired) electrons. The van der Waals surface area contributed by atoms with Crippen molar-refractivity contribution in [1.82, 2.24) is 4.90 Å². The predicted molar refractivity (Wildman–Crippen MR) is 74.2 cm³/mol. The summed E-state index contributed by atoms with van der Waals surface area (Å²) < 4.78 is 14.3. The zero-order chi connectivity index (χ0) is 13.1. The third-order valence-corrected chi connectivity index (χ3v) is 3.83. The Labute approximate surface area is 117 Å². The van der Waals surface area contributed by atoms with Crippen LogP contribution in [-0.4, -0.2) is 17.9 Å². The van der Waals surface area contributed by atoms with Gasteiger partial charge >= 0.3 is 0 Å². The molecule has 0 spiro atoms.